The van der Waals surface area contributed by atoms with Crippen LogP contribution in [0.4, 0.5) is 5.69 Å². The predicted octanol–water partition coefficient (Wildman–Crippen LogP) is 2.97. The van der Waals surface area contributed by atoms with Crippen LogP contribution in [-0.2, 0) is 9.59 Å². The van der Waals surface area contributed by atoms with Gasteiger partial charge in [-0.2, -0.15) is 0 Å². The van der Waals surface area contributed by atoms with Crippen molar-refractivity contribution in [2.45, 2.75) is 13.3 Å². The van der Waals surface area contributed by atoms with Crippen LogP contribution in [0.2, 0.25) is 10.0 Å². The molecule has 1 heterocycles. The van der Waals surface area contributed by atoms with Crippen molar-refractivity contribution >= 4 is 40.8 Å². The van der Waals surface area contributed by atoms with Crippen molar-refractivity contribution in [2.24, 2.45) is 11.8 Å². The van der Waals surface area contributed by atoms with Gasteiger partial charge < -0.3 is 10.4 Å². The van der Waals surface area contributed by atoms with Gasteiger partial charge in [0.2, 0.25) is 5.91 Å². The first-order valence-corrected chi connectivity index (χ1v) is 7.81. The van der Waals surface area contributed by atoms with Gasteiger partial charge in [-0.3, -0.25) is 14.5 Å². The van der Waals surface area contributed by atoms with Gasteiger partial charge >= 0.3 is 5.97 Å². The van der Waals surface area contributed by atoms with Gasteiger partial charge in [-0.05, 0) is 30.5 Å². The van der Waals surface area contributed by atoms with Gasteiger partial charge in [0.05, 0.1) is 23.2 Å². The normalized spacial score (nSPS) is 22.3. The second kappa shape index (κ2) is 7.31. The number of carbonyl (C=O) groups excluding carboxylic acids is 1. The van der Waals surface area contributed by atoms with E-state index < -0.39 is 11.9 Å². The largest absolute Gasteiger partial charge is 0.481 e. The summed E-state index contributed by atoms with van der Waals surface area (Å²) in [5.41, 5.74) is 0.496. The number of hydrogen-bond acceptors (Lipinski definition) is 3. The van der Waals surface area contributed by atoms with Gasteiger partial charge in [-0.25, -0.2) is 0 Å². The number of carbonyl (C=O) groups is 2. The summed E-state index contributed by atoms with van der Waals surface area (Å²) in [6.07, 6.45) is 0.649. The number of rotatable bonds is 4. The summed E-state index contributed by atoms with van der Waals surface area (Å²) in [6.45, 7) is 3.25. The van der Waals surface area contributed by atoms with Crippen LogP contribution in [-0.4, -0.2) is 41.5 Å². The van der Waals surface area contributed by atoms with Crippen molar-refractivity contribution in [2.75, 3.05) is 25.0 Å². The molecule has 1 aliphatic heterocycles. The highest BCUT2D eigenvalue weighted by molar-refractivity contribution is 6.36. The number of carboxylic acid groups (broad SMARTS) is 1. The predicted molar refractivity (Wildman–Crippen MR) is 86.4 cm³/mol. The molecule has 5 nitrogen and oxygen atoms in total. The minimum atomic E-state index is -0.808. The van der Waals surface area contributed by atoms with Crippen LogP contribution in [0.15, 0.2) is 18.2 Å². The number of anilines is 1. The molecule has 0 aromatic heterocycles. The van der Waals surface area contributed by atoms with E-state index in [4.69, 9.17) is 28.3 Å². The van der Waals surface area contributed by atoms with E-state index in [9.17, 15) is 9.59 Å². The third-order valence-corrected chi connectivity index (χ3v) is 4.20. The molecule has 1 saturated heterocycles. The van der Waals surface area contributed by atoms with E-state index in [1.807, 2.05) is 11.8 Å². The molecule has 2 atom stereocenters. The molecule has 0 bridgehead atoms. The Morgan fingerprint density at radius 1 is 1.36 bits per heavy atom. The summed E-state index contributed by atoms with van der Waals surface area (Å²) in [5, 5.41) is 12.7. The number of nitrogens with zero attached hydrogens (tertiary/aromatic N) is 1. The maximum absolute atomic E-state index is 12.1. The molecule has 0 aliphatic carbocycles. The Hall–Kier alpha value is -1.30. The second-order valence-electron chi connectivity index (χ2n) is 5.74. The number of amides is 1. The van der Waals surface area contributed by atoms with Crippen molar-refractivity contribution < 1.29 is 14.7 Å². The lowest BCUT2D eigenvalue weighted by Gasteiger charge is -2.34. The lowest BCUT2D eigenvalue weighted by molar-refractivity contribution is -0.144. The molecule has 22 heavy (non-hydrogen) atoms. The van der Waals surface area contributed by atoms with Crippen LogP contribution in [0.3, 0.4) is 0 Å². The van der Waals surface area contributed by atoms with Crippen LogP contribution in [0, 0.1) is 11.8 Å². The van der Waals surface area contributed by atoms with Gasteiger partial charge in [0.1, 0.15) is 0 Å². The zero-order valence-electron chi connectivity index (χ0n) is 12.2. The average molecular weight is 345 g/mol. The van der Waals surface area contributed by atoms with Gasteiger partial charge in [0.25, 0.3) is 0 Å². The van der Waals surface area contributed by atoms with E-state index >= 15 is 0 Å². The second-order valence-corrected chi connectivity index (χ2v) is 6.59. The zero-order chi connectivity index (χ0) is 16.3. The topological polar surface area (TPSA) is 69.6 Å². The molecule has 120 valence electrons. The summed E-state index contributed by atoms with van der Waals surface area (Å²) in [5.74, 6) is -1.20. The molecule has 0 spiro atoms. The van der Waals surface area contributed by atoms with Crippen molar-refractivity contribution in [3.63, 3.8) is 0 Å². The van der Waals surface area contributed by atoms with Gasteiger partial charge in [0.15, 0.2) is 0 Å². The highest BCUT2D eigenvalue weighted by Crippen LogP contribution is 2.26. The fourth-order valence-corrected chi connectivity index (χ4v) is 3.21. The molecule has 1 fully saturated rings. The molecule has 1 amide bonds. The first-order valence-electron chi connectivity index (χ1n) is 7.05. The smallest absolute Gasteiger partial charge is 0.307 e. The summed E-state index contributed by atoms with van der Waals surface area (Å²) in [6, 6.07) is 4.84. The average Bonchev–Trinajstić information content (AvgIpc) is 2.41. The molecule has 2 unspecified atom stereocenters. The van der Waals surface area contributed by atoms with Crippen molar-refractivity contribution in [1.82, 2.24) is 4.90 Å². The van der Waals surface area contributed by atoms with E-state index in [-0.39, 0.29) is 18.4 Å². The van der Waals surface area contributed by atoms with E-state index in [2.05, 4.69) is 5.32 Å². The Morgan fingerprint density at radius 2 is 2.09 bits per heavy atom. The van der Waals surface area contributed by atoms with Crippen molar-refractivity contribution in [3.05, 3.63) is 28.2 Å². The highest BCUT2D eigenvalue weighted by Gasteiger charge is 2.30. The number of nitrogens with one attached hydrogen (secondary N) is 1. The Bertz CT molecular complexity index is 580. The van der Waals surface area contributed by atoms with Gasteiger partial charge in [-0.15, -0.1) is 0 Å². The van der Waals surface area contributed by atoms with Gasteiger partial charge in [0, 0.05) is 18.1 Å². The molecule has 0 radical (unpaired) electrons. The van der Waals surface area contributed by atoms with Gasteiger partial charge in [-0.1, -0.05) is 30.1 Å². The third-order valence-electron chi connectivity index (χ3n) is 3.66. The quantitative estimate of drug-likeness (QED) is 0.880. The summed E-state index contributed by atoms with van der Waals surface area (Å²) in [7, 11) is 0. The number of likely N-dealkylation sites (tertiary alicyclic amines) is 1. The Kier molecular flexibility index (Phi) is 5.67. The van der Waals surface area contributed by atoms with Crippen molar-refractivity contribution in [1.29, 1.82) is 0 Å². The number of halogens is 2. The molecule has 0 saturated carbocycles. The van der Waals surface area contributed by atoms with Crippen LogP contribution in [0.1, 0.15) is 13.3 Å². The number of carboxylic acids is 1. The molecule has 7 heteroatoms. The maximum atomic E-state index is 12.1. The highest BCUT2D eigenvalue weighted by atomic mass is 35.5. The fourth-order valence-electron chi connectivity index (χ4n) is 2.75. The van der Waals surface area contributed by atoms with Crippen LogP contribution in [0.25, 0.3) is 0 Å². The van der Waals surface area contributed by atoms with E-state index in [0.29, 0.717) is 35.2 Å². The van der Waals surface area contributed by atoms with Crippen LogP contribution < -0.4 is 5.32 Å². The van der Waals surface area contributed by atoms with E-state index in [0.717, 1.165) is 0 Å². The Labute approximate surface area is 139 Å². The Morgan fingerprint density at radius 3 is 2.73 bits per heavy atom. The third kappa shape index (κ3) is 4.60. The number of hydrogen-bond donors (Lipinski definition) is 2. The van der Waals surface area contributed by atoms with E-state index in [1.165, 1.54) is 0 Å². The lowest BCUT2D eigenvalue weighted by Crippen LogP contribution is -2.45. The molecular formula is C15H18Cl2N2O3. The van der Waals surface area contributed by atoms with Crippen molar-refractivity contribution in [3.8, 4) is 0 Å². The Balaban J connectivity index is 1.95. The fraction of sp³-hybridized carbons (Fsp3) is 0.467. The molecule has 1 aromatic carbocycles. The standard InChI is InChI=1S/C15H18Cl2N2O3/c1-9-4-10(15(21)22)7-19(6-9)8-14(20)18-13-3-2-11(16)5-12(13)17/h2-3,5,9-10H,4,6-8H2,1H3,(H,18,20)(H,21,22). The zero-order valence-corrected chi connectivity index (χ0v) is 13.7. The minimum absolute atomic E-state index is 0.146. The molecule has 2 rings (SSSR count). The maximum Gasteiger partial charge on any atom is 0.307 e. The van der Waals surface area contributed by atoms with Crippen LogP contribution >= 0.6 is 23.2 Å². The SMILES string of the molecule is CC1CC(C(=O)O)CN(CC(=O)Nc2ccc(Cl)cc2Cl)C1. The van der Waals surface area contributed by atoms with Crippen LogP contribution in [0.5, 0.6) is 0 Å². The summed E-state index contributed by atoms with van der Waals surface area (Å²) in [4.78, 5) is 25.1. The molecule has 1 aromatic rings. The molecule has 1 aliphatic rings. The first kappa shape index (κ1) is 17.1. The minimum Gasteiger partial charge on any atom is -0.481 e. The lowest BCUT2D eigenvalue weighted by atomic mass is 9.90. The molecule has 2 N–H and O–H groups in total. The first-order chi connectivity index (χ1) is 10.3. The monoisotopic (exact) mass is 344 g/mol. The number of piperidine rings is 1. The summed E-state index contributed by atoms with van der Waals surface area (Å²) < 4.78 is 0. The number of benzene rings is 1. The molecular weight excluding hydrogens is 327 g/mol. The number of aliphatic carboxylic acids is 1. The van der Waals surface area contributed by atoms with E-state index in [1.54, 1.807) is 18.2 Å². The summed E-state index contributed by atoms with van der Waals surface area (Å²) >= 11 is 11.8.